The second-order valence-electron chi connectivity index (χ2n) is 5.77. The van der Waals surface area contributed by atoms with Crippen LogP contribution in [0.5, 0.6) is 0 Å². The summed E-state index contributed by atoms with van der Waals surface area (Å²) in [5.41, 5.74) is 10.8. The van der Waals surface area contributed by atoms with Gasteiger partial charge in [-0.05, 0) is 37.5 Å². The Labute approximate surface area is 132 Å². The molecule has 2 nitrogen and oxygen atoms in total. The maximum atomic E-state index is 6.42. The minimum Gasteiger partial charge on any atom is -0.369 e. The summed E-state index contributed by atoms with van der Waals surface area (Å²) in [6, 6.07) is 14.7. The third kappa shape index (κ3) is 4.23. The summed E-state index contributed by atoms with van der Waals surface area (Å²) < 4.78 is 0. The van der Waals surface area contributed by atoms with E-state index in [0.29, 0.717) is 0 Å². The van der Waals surface area contributed by atoms with Gasteiger partial charge in [0.1, 0.15) is 0 Å². The first-order valence-corrected chi connectivity index (χ1v) is 7.65. The molecule has 2 aromatic carbocycles. The lowest BCUT2D eigenvalue weighted by atomic mass is 10.0. The van der Waals surface area contributed by atoms with Gasteiger partial charge in [-0.25, -0.2) is 0 Å². The van der Waals surface area contributed by atoms with Gasteiger partial charge in [-0.3, -0.25) is 0 Å². The molecular weight excluding hydrogens is 280 g/mol. The molecule has 0 bridgehead atoms. The molecule has 0 aliphatic carbocycles. The molecule has 0 saturated carbocycles. The molecule has 0 amide bonds. The second-order valence-corrected chi connectivity index (χ2v) is 6.18. The van der Waals surface area contributed by atoms with Crippen molar-refractivity contribution in [2.45, 2.75) is 32.9 Å². The average molecular weight is 303 g/mol. The van der Waals surface area contributed by atoms with E-state index in [1.54, 1.807) is 0 Å². The molecule has 0 aliphatic heterocycles. The fourth-order valence-corrected chi connectivity index (χ4v) is 3.00. The van der Waals surface area contributed by atoms with Crippen molar-refractivity contribution >= 4 is 17.3 Å². The van der Waals surface area contributed by atoms with Crippen LogP contribution in [0.1, 0.15) is 23.6 Å². The summed E-state index contributed by atoms with van der Waals surface area (Å²) in [5, 5.41) is 0.781. The van der Waals surface area contributed by atoms with Crippen LogP contribution >= 0.6 is 11.6 Å². The van der Waals surface area contributed by atoms with Gasteiger partial charge in [0, 0.05) is 19.6 Å². The summed E-state index contributed by atoms with van der Waals surface area (Å²) in [7, 11) is 2.08. The van der Waals surface area contributed by atoms with E-state index in [1.807, 2.05) is 19.1 Å². The average Bonchev–Trinajstić information content (AvgIpc) is 2.37. The Morgan fingerprint density at radius 2 is 1.90 bits per heavy atom. The highest BCUT2D eigenvalue weighted by atomic mass is 35.5. The van der Waals surface area contributed by atoms with E-state index in [1.165, 1.54) is 16.7 Å². The SMILES string of the molecule is Cc1cccc(CN(C)c2c(Cl)cccc2CC(C)N)c1. The second kappa shape index (κ2) is 6.97. The summed E-state index contributed by atoms with van der Waals surface area (Å²) >= 11 is 6.42. The minimum absolute atomic E-state index is 0.120. The van der Waals surface area contributed by atoms with Crippen LogP contribution < -0.4 is 10.6 Å². The van der Waals surface area contributed by atoms with Crippen LogP contribution in [0.3, 0.4) is 0 Å². The Morgan fingerprint density at radius 3 is 2.57 bits per heavy atom. The molecule has 21 heavy (non-hydrogen) atoms. The Kier molecular flexibility index (Phi) is 5.27. The third-order valence-electron chi connectivity index (χ3n) is 3.50. The number of halogens is 1. The van der Waals surface area contributed by atoms with Crippen LogP contribution in [0.15, 0.2) is 42.5 Å². The van der Waals surface area contributed by atoms with Crippen LogP contribution in [0.2, 0.25) is 5.02 Å². The summed E-state index contributed by atoms with van der Waals surface area (Å²) in [5.74, 6) is 0. The van der Waals surface area contributed by atoms with Gasteiger partial charge in [-0.1, -0.05) is 53.6 Å². The molecule has 0 aliphatic rings. The van der Waals surface area contributed by atoms with Crippen molar-refractivity contribution in [2.24, 2.45) is 5.73 Å². The van der Waals surface area contributed by atoms with Crippen molar-refractivity contribution in [2.75, 3.05) is 11.9 Å². The first-order valence-electron chi connectivity index (χ1n) is 7.27. The lowest BCUT2D eigenvalue weighted by Gasteiger charge is -2.25. The molecule has 2 N–H and O–H groups in total. The van der Waals surface area contributed by atoms with Gasteiger partial charge in [0.05, 0.1) is 10.7 Å². The lowest BCUT2D eigenvalue weighted by Crippen LogP contribution is -2.22. The van der Waals surface area contributed by atoms with Gasteiger partial charge in [0.15, 0.2) is 0 Å². The zero-order valence-corrected chi connectivity index (χ0v) is 13.7. The minimum atomic E-state index is 0.120. The van der Waals surface area contributed by atoms with Gasteiger partial charge < -0.3 is 10.6 Å². The number of benzene rings is 2. The molecule has 0 saturated heterocycles. The maximum absolute atomic E-state index is 6.42. The van der Waals surface area contributed by atoms with Gasteiger partial charge in [-0.15, -0.1) is 0 Å². The van der Waals surface area contributed by atoms with E-state index in [4.69, 9.17) is 17.3 Å². The first-order chi connectivity index (χ1) is 9.97. The number of aryl methyl sites for hydroxylation is 1. The first kappa shape index (κ1) is 15.9. The molecule has 1 atom stereocenters. The van der Waals surface area contributed by atoms with Crippen molar-refractivity contribution in [1.29, 1.82) is 0 Å². The van der Waals surface area contributed by atoms with E-state index in [-0.39, 0.29) is 6.04 Å². The highest BCUT2D eigenvalue weighted by Crippen LogP contribution is 2.31. The van der Waals surface area contributed by atoms with Crippen LogP contribution in [-0.4, -0.2) is 13.1 Å². The molecule has 3 heteroatoms. The van der Waals surface area contributed by atoms with E-state index in [0.717, 1.165) is 23.7 Å². The predicted molar refractivity (Wildman–Crippen MR) is 92.1 cm³/mol. The molecule has 2 aromatic rings. The topological polar surface area (TPSA) is 29.3 Å². The van der Waals surface area contributed by atoms with E-state index < -0.39 is 0 Å². The van der Waals surface area contributed by atoms with Crippen molar-refractivity contribution < 1.29 is 0 Å². The quantitative estimate of drug-likeness (QED) is 0.898. The fraction of sp³-hybridized carbons (Fsp3) is 0.333. The number of hydrogen-bond donors (Lipinski definition) is 1. The molecule has 2 rings (SSSR count). The molecule has 0 spiro atoms. The normalized spacial score (nSPS) is 12.2. The monoisotopic (exact) mass is 302 g/mol. The number of hydrogen-bond acceptors (Lipinski definition) is 2. The molecule has 1 unspecified atom stereocenters. The van der Waals surface area contributed by atoms with Crippen molar-refractivity contribution in [3.05, 3.63) is 64.2 Å². The maximum Gasteiger partial charge on any atom is 0.0642 e. The summed E-state index contributed by atoms with van der Waals surface area (Å²) in [6.45, 7) is 4.96. The molecule has 0 aromatic heterocycles. The van der Waals surface area contributed by atoms with Crippen LogP contribution in [-0.2, 0) is 13.0 Å². The Balaban J connectivity index is 2.27. The standard InChI is InChI=1S/C18H23ClN2/c1-13-6-4-7-15(10-13)12-21(3)18-16(11-14(2)20)8-5-9-17(18)19/h4-10,14H,11-12,20H2,1-3H3. The molecular formula is C18H23ClN2. The third-order valence-corrected chi connectivity index (χ3v) is 3.80. The van der Waals surface area contributed by atoms with E-state index >= 15 is 0 Å². The fourth-order valence-electron chi connectivity index (χ4n) is 2.66. The van der Waals surface area contributed by atoms with Gasteiger partial charge in [-0.2, -0.15) is 0 Å². The molecule has 112 valence electrons. The smallest absolute Gasteiger partial charge is 0.0642 e. The predicted octanol–water partition coefficient (Wildman–Crippen LogP) is 4.17. The zero-order chi connectivity index (χ0) is 15.4. The highest BCUT2D eigenvalue weighted by Gasteiger charge is 2.13. The zero-order valence-electron chi connectivity index (χ0n) is 12.9. The Bertz CT molecular complexity index is 608. The van der Waals surface area contributed by atoms with Gasteiger partial charge >= 0.3 is 0 Å². The number of nitrogens with zero attached hydrogens (tertiary/aromatic N) is 1. The van der Waals surface area contributed by atoms with Crippen molar-refractivity contribution in [3.8, 4) is 0 Å². The summed E-state index contributed by atoms with van der Waals surface area (Å²) in [6.07, 6.45) is 0.827. The molecule has 0 radical (unpaired) electrons. The van der Waals surface area contributed by atoms with Crippen molar-refractivity contribution in [3.63, 3.8) is 0 Å². The molecule has 0 heterocycles. The number of para-hydroxylation sites is 1. The largest absolute Gasteiger partial charge is 0.369 e. The Hall–Kier alpha value is -1.51. The number of anilines is 1. The van der Waals surface area contributed by atoms with Crippen molar-refractivity contribution in [1.82, 2.24) is 0 Å². The van der Waals surface area contributed by atoms with Gasteiger partial charge in [0.2, 0.25) is 0 Å². The highest BCUT2D eigenvalue weighted by molar-refractivity contribution is 6.33. The van der Waals surface area contributed by atoms with Gasteiger partial charge in [0.25, 0.3) is 0 Å². The van der Waals surface area contributed by atoms with E-state index in [9.17, 15) is 0 Å². The lowest BCUT2D eigenvalue weighted by molar-refractivity contribution is 0.734. The van der Waals surface area contributed by atoms with Crippen LogP contribution in [0, 0.1) is 6.92 Å². The van der Waals surface area contributed by atoms with Crippen LogP contribution in [0.25, 0.3) is 0 Å². The Morgan fingerprint density at radius 1 is 1.19 bits per heavy atom. The summed E-state index contributed by atoms with van der Waals surface area (Å²) in [4.78, 5) is 2.20. The van der Waals surface area contributed by atoms with Crippen LogP contribution in [0.4, 0.5) is 5.69 Å². The molecule has 0 fully saturated rings. The van der Waals surface area contributed by atoms with E-state index in [2.05, 4.69) is 49.2 Å². The number of rotatable bonds is 5. The number of nitrogens with two attached hydrogens (primary N) is 1.